The summed E-state index contributed by atoms with van der Waals surface area (Å²) in [6.45, 7) is 4.31. The van der Waals surface area contributed by atoms with Crippen molar-refractivity contribution in [2.45, 2.75) is 19.8 Å². The van der Waals surface area contributed by atoms with E-state index in [0.717, 1.165) is 10.9 Å². The van der Waals surface area contributed by atoms with Gasteiger partial charge in [-0.15, -0.1) is 0 Å². The highest BCUT2D eigenvalue weighted by atomic mass is 16.5. The number of fused-ring (bicyclic) bond motifs is 1. The lowest BCUT2D eigenvalue weighted by Gasteiger charge is -2.03. The summed E-state index contributed by atoms with van der Waals surface area (Å²) < 4.78 is 4.91. The van der Waals surface area contributed by atoms with Crippen LogP contribution in [0.5, 0.6) is 0 Å². The molecular formula is C10H11NO. The third-order valence-corrected chi connectivity index (χ3v) is 2.04. The van der Waals surface area contributed by atoms with Gasteiger partial charge >= 0.3 is 0 Å². The minimum Gasteiger partial charge on any atom is -0.363 e. The quantitative estimate of drug-likeness (QED) is 0.642. The van der Waals surface area contributed by atoms with Crippen LogP contribution in [0.2, 0.25) is 0 Å². The predicted molar refractivity (Wildman–Crippen MR) is 48.1 cm³/mol. The van der Waals surface area contributed by atoms with Crippen LogP contribution in [0.25, 0.3) is 10.9 Å². The summed E-state index contributed by atoms with van der Waals surface area (Å²) in [5.41, 5.74) is 2.24. The van der Waals surface area contributed by atoms with Crippen LogP contribution in [-0.2, 0) is 0 Å². The van der Waals surface area contributed by atoms with Crippen LogP contribution in [0.4, 0.5) is 0 Å². The van der Waals surface area contributed by atoms with Gasteiger partial charge in [0.1, 0.15) is 11.8 Å². The first-order chi connectivity index (χ1) is 5.79. The lowest BCUT2D eigenvalue weighted by Crippen LogP contribution is -1.87. The number of rotatable bonds is 1. The van der Waals surface area contributed by atoms with Crippen molar-refractivity contribution in [3.8, 4) is 0 Å². The van der Waals surface area contributed by atoms with Crippen molar-refractivity contribution >= 4 is 10.9 Å². The van der Waals surface area contributed by atoms with E-state index in [-0.39, 0.29) is 0 Å². The minimum atomic E-state index is 0.499. The first-order valence-electron chi connectivity index (χ1n) is 4.12. The molecule has 0 unspecified atom stereocenters. The van der Waals surface area contributed by atoms with Crippen molar-refractivity contribution in [3.63, 3.8) is 0 Å². The average Bonchev–Trinajstić information content (AvgIpc) is 2.49. The molecule has 12 heavy (non-hydrogen) atoms. The molecule has 62 valence electrons. The van der Waals surface area contributed by atoms with Crippen molar-refractivity contribution in [2.75, 3.05) is 0 Å². The highest BCUT2D eigenvalue weighted by Gasteiger charge is 2.06. The number of hydrogen-bond acceptors (Lipinski definition) is 2. The van der Waals surface area contributed by atoms with Gasteiger partial charge in [-0.3, -0.25) is 0 Å². The Morgan fingerprint density at radius 1 is 1.33 bits per heavy atom. The molecule has 0 spiro atoms. The lowest BCUT2D eigenvalue weighted by atomic mass is 10.0. The van der Waals surface area contributed by atoms with Crippen molar-refractivity contribution < 1.29 is 4.52 Å². The smallest absolute Gasteiger partial charge is 0.131 e. The van der Waals surface area contributed by atoms with E-state index >= 15 is 0 Å². The Balaban J connectivity index is 2.73. The lowest BCUT2D eigenvalue weighted by molar-refractivity contribution is 0.427. The van der Waals surface area contributed by atoms with Crippen LogP contribution in [-0.4, -0.2) is 5.16 Å². The van der Waals surface area contributed by atoms with Gasteiger partial charge in [0, 0.05) is 5.39 Å². The average molecular weight is 161 g/mol. The molecule has 0 amide bonds. The molecule has 1 heterocycles. The maximum absolute atomic E-state index is 4.91. The Morgan fingerprint density at radius 2 is 2.17 bits per heavy atom. The van der Waals surface area contributed by atoms with Crippen LogP contribution < -0.4 is 0 Å². The number of aromatic nitrogens is 1. The van der Waals surface area contributed by atoms with Crippen molar-refractivity contribution in [1.29, 1.82) is 0 Å². The Hall–Kier alpha value is -1.31. The molecule has 2 rings (SSSR count). The van der Waals surface area contributed by atoms with Gasteiger partial charge < -0.3 is 4.52 Å². The molecule has 1 aromatic heterocycles. The largest absolute Gasteiger partial charge is 0.363 e. The van der Waals surface area contributed by atoms with E-state index in [9.17, 15) is 0 Å². The second kappa shape index (κ2) is 2.63. The zero-order chi connectivity index (χ0) is 8.55. The molecule has 0 atom stereocenters. The summed E-state index contributed by atoms with van der Waals surface area (Å²) >= 11 is 0. The fourth-order valence-corrected chi connectivity index (χ4v) is 1.38. The highest BCUT2D eigenvalue weighted by Crippen LogP contribution is 2.23. The van der Waals surface area contributed by atoms with Gasteiger partial charge in [-0.1, -0.05) is 31.1 Å². The van der Waals surface area contributed by atoms with E-state index < -0.39 is 0 Å². The monoisotopic (exact) mass is 161 g/mol. The summed E-state index contributed by atoms with van der Waals surface area (Å²) in [6, 6.07) is 6.14. The number of nitrogens with zero attached hydrogens (tertiary/aromatic N) is 1. The molecule has 0 saturated carbocycles. The van der Waals surface area contributed by atoms with Gasteiger partial charge in [-0.05, 0) is 17.5 Å². The van der Waals surface area contributed by atoms with E-state index in [4.69, 9.17) is 4.52 Å². The van der Waals surface area contributed by atoms with E-state index in [1.165, 1.54) is 5.56 Å². The van der Waals surface area contributed by atoms with E-state index in [1.54, 1.807) is 6.26 Å². The van der Waals surface area contributed by atoms with Crippen LogP contribution in [0, 0.1) is 0 Å². The molecule has 0 aliphatic rings. The zero-order valence-electron chi connectivity index (χ0n) is 7.24. The Morgan fingerprint density at radius 3 is 2.92 bits per heavy atom. The molecule has 0 aliphatic heterocycles. The topological polar surface area (TPSA) is 26.0 Å². The normalized spacial score (nSPS) is 11.2. The fraction of sp³-hybridized carbons (Fsp3) is 0.300. The van der Waals surface area contributed by atoms with Crippen molar-refractivity contribution in [1.82, 2.24) is 5.16 Å². The molecule has 2 heteroatoms. The van der Waals surface area contributed by atoms with Crippen LogP contribution >= 0.6 is 0 Å². The van der Waals surface area contributed by atoms with E-state index in [2.05, 4.69) is 25.1 Å². The van der Waals surface area contributed by atoms with Gasteiger partial charge in [0.05, 0.1) is 0 Å². The van der Waals surface area contributed by atoms with Crippen LogP contribution in [0.15, 0.2) is 29.0 Å². The number of hydrogen-bond donors (Lipinski definition) is 0. The van der Waals surface area contributed by atoms with Crippen LogP contribution in [0.3, 0.4) is 0 Å². The molecule has 0 aliphatic carbocycles. The van der Waals surface area contributed by atoms with Crippen molar-refractivity contribution in [2.24, 2.45) is 0 Å². The molecule has 1 aromatic carbocycles. The molecule has 2 nitrogen and oxygen atoms in total. The second-order valence-electron chi connectivity index (χ2n) is 3.25. The molecular weight excluding hydrogens is 150 g/mol. The first-order valence-corrected chi connectivity index (χ1v) is 4.12. The summed E-state index contributed by atoms with van der Waals surface area (Å²) in [4.78, 5) is 0. The van der Waals surface area contributed by atoms with E-state index in [0.29, 0.717) is 5.92 Å². The third kappa shape index (κ3) is 0.998. The summed E-state index contributed by atoms with van der Waals surface area (Å²) in [5.74, 6) is 0.499. The SMILES string of the molecule is CC(C)c1cccc2conc12. The first kappa shape index (κ1) is 7.35. The molecule has 0 radical (unpaired) electrons. The van der Waals surface area contributed by atoms with Gasteiger partial charge in [0.25, 0.3) is 0 Å². The summed E-state index contributed by atoms with van der Waals surface area (Å²) in [7, 11) is 0. The molecule has 0 bridgehead atoms. The number of benzene rings is 1. The van der Waals surface area contributed by atoms with Gasteiger partial charge in [-0.25, -0.2) is 0 Å². The van der Waals surface area contributed by atoms with Gasteiger partial charge in [0.2, 0.25) is 0 Å². The molecule has 0 fully saturated rings. The fourth-order valence-electron chi connectivity index (χ4n) is 1.38. The molecule has 2 aromatic rings. The van der Waals surface area contributed by atoms with Gasteiger partial charge in [-0.2, -0.15) is 0 Å². The highest BCUT2D eigenvalue weighted by molar-refractivity contribution is 5.80. The maximum Gasteiger partial charge on any atom is 0.131 e. The summed E-state index contributed by atoms with van der Waals surface area (Å²) in [5, 5.41) is 5.05. The zero-order valence-corrected chi connectivity index (χ0v) is 7.24. The Kier molecular flexibility index (Phi) is 1.61. The summed E-state index contributed by atoms with van der Waals surface area (Å²) in [6.07, 6.45) is 1.68. The predicted octanol–water partition coefficient (Wildman–Crippen LogP) is 2.95. The Labute approximate surface area is 71.2 Å². The standard InChI is InChI=1S/C10H11NO/c1-7(2)9-5-3-4-8-6-12-11-10(8)9/h3-7H,1-2H3. The van der Waals surface area contributed by atoms with E-state index in [1.807, 2.05) is 12.1 Å². The van der Waals surface area contributed by atoms with Crippen molar-refractivity contribution in [3.05, 3.63) is 30.0 Å². The third-order valence-electron chi connectivity index (χ3n) is 2.04. The van der Waals surface area contributed by atoms with Gasteiger partial charge in [0.15, 0.2) is 0 Å². The molecule has 0 N–H and O–H groups in total. The Bertz CT molecular complexity index is 389. The van der Waals surface area contributed by atoms with Crippen LogP contribution in [0.1, 0.15) is 25.3 Å². The molecule has 0 saturated heterocycles. The second-order valence-corrected chi connectivity index (χ2v) is 3.25. The minimum absolute atomic E-state index is 0.499. The maximum atomic E-state index is 4.91.